The third-order valence-corrected chi connectivity index (χ3v) is 5.41. The maximum Gasteiger partial charge on any atom is 0.271 e. The molecule has 2 rings (SSSR count). The summed E-state index contributed by atoms with van der Waals surface area (Å²) in [6.45, 7) is 0.129. The molecular formula is C11H9Cl2N3O3S2. The fourth-order valence-electron chi connectivity index (χ4n) is 1.43. The number of pyridine rings is 1. The summed E-state index contributed by atoms with van der Waals surface area (Å²) in [4.78, 5) is 16.4. The zero-order chi connectivity index (χ0) is 15.6. The van der Waals surface area contributed by atoms with Crippen molar-refractivity contribution in [2.45, 2.75) is 10.8 Å². The summed E-state index contributed by atoms with van der Waals surface area (Å²) in [7, 11) is -3.73. The Labute approximate surface area is 134 Å². The van der Waals surface area contributed by atoms with E-state index in [0.717, 1.165) is 11.3 Å². The lowest BCUT2D eigenvalue weighted by atomic mass is 10.3. The molecule has 21 heavy (non-hydrogen) atoms. The normalized spacial score (nSPS) is 11.4. The van der Waals surface area contributed by atoms with E-state index in [9.17, 15) is 13.2 Å². The number of hydrogen-bond donors (Lipinski definition) is 2. The van der Waals surface area contributed by atoms with E-state index >= 15 is 0 Å². The molecule has 2 aromatic heterocycles. The lowest BCUT2D eigenvalue weighted by Gasteiger charge is -2.05. The number of nitrogens with zero attached hydrogens (tertiary/aromatic N) is 1. The van der Waals surface area contributed by atoms with E-state index in [4.69, 9.17) is 28.3 Å². The van der Waals surface area contributed by atoms with E-state index in [0.29, 0.717) is 4.88 Å². The minimum absolute atomic E-state index is 0.00685. The van der Waals surface area contributed by atoms with Crippen LogP contribution >= 0.6 is 34.5 Å². The Kier molecular flexibility index (Phi) is 4.84. The summed E-state index contributed by atoms with van der Waals surface area (Å²) in [5.74, 6) is -0.506. The zero-order valence-electron chi connectivity index (χ0n) is 10.3. The molecule has 3 N–H and O–H groups in total. The van der Waals surface area contributed by atoms with Crippen molar-refractivity contribution < 1.29 is 13.2 Å². The van der Waals surface area contributed by atoms with E-state index in [1.54, 1.807) is 6.07 Å². The van der Waals surface area contributed by atoms with Crippen LogP contribution in [-0.2, 0) is 16.6 Å². The Bertz CT molecular complexity index is 790. The number of thiophene rings is 1. The van der Waals surface area contributed by atoms with Crippen molar-refractivity contribution in [3.8, 4) is 0 Å². The number of nitrogens with two attached hydrogens (primary N) is 1. The van der Waals surface area contributed by atoms with E-state index in [1.807, 2.05) is 0 Å². The van der Waals surface area contributed by atoms with Crippen molar-refractivity contribution in [2.75, 3.05) is 0 Å². The largest absolute Gasteiger partial charge is 0.346 e. The molecular weight excluding hydrogens is 357 g/mol. The van der Waals surface area contributed by atoms with Gasteiger partial charge in [-0.25, -0.2) is 18.5 Å². The predicted molar refractivity (Wildman–Crippen MR) is 81.1 cm³/mol. The highest BCUT2D eigenvalue weighted by Gasteiger charge is 2.15. The molecule has 2 heterocycles. The van der Waals surface area contributed by atoms with E-state index in [-0.39, 0.29) is 26.6 Å². The van der Waals surface area contributed by atoms with Crippen LogP contribution in [0.25, 0.3) is 0 Å². The van der Waals surface area contributed by atoms with Crippen molar-refractivity contribution >= 4 is 50.5 Å². The molecule has 0 unspecified atom stereocenters. The van der Waals surface area contributed by atoms with Gasteiger partial charge in [-0.3, -0.25) is 4.79 Å². The van der Waals surface area contributed by atoms with E-state index in [2.05, 4.69) is 10.3 Å². The first-order valence-corrected chi connectivity index (χ1v) is 8.61. The Hall–Kier alpha value is -1.19. The van der Waals surface area contributed by atoms with Gasteiger partial charge in [0.25, 0.3) is 5.91 Å². The Morgan fingerprint density at radius 1 is 1.29 bits per heavy atom. The van der Waals surface area contributed by atoms with E-state index in [1.165, 1.54) is 18.2 Å². The van der Waals surface area contributed by atoms with E-state index < -0.39 is 15.9 Å². The van der Waals surface area contributed by atoms with Crippen molar-refractivity contribution in [3.05, 3.63) is 45.0 Å². The molecule has 10 heteroatoms. The highest BCUT2D eigenvalue weighted by atomic mass is 35.5. The molecule has 0 saturated heterocycles. The lowest BCUT2D eigenvalue weighted by molar-refractivity contribution is 0.0946. The SMILES string of the molecule is NS(=O)(=O)c1ccc(CNC(=O)c2nc(Cl)ccc2Cl)s1. The number of nitrogens with one attached hydrogen (secondary N) is 1. The van der Waals surface area contributed by atoms with Gasteiger partial charge in [0, 0.05) is 4.88 Å². The molecule has 0 aliphatic rings. The first kappa shape index (κ1) is 16.2. The van der Waals surface area contributed by atoms with Crippen molar-refractivity contribution in [1.29, 1.82) is 0 Å². The summed E-state index contributed by atoms with van der Waals surface area (Å²) >= 11 is 12.5. The molecule has 112 valence electrons. The summed E-state index contributed by atoms with van der Waals surface area (Å²) in [5.41, 5.74) is 0.00685. The smallest absolute Gasteiger partial charge is 0.271 e. The maximum absolute atomic E-state index is 11.9. The summed E-state index contributed by atoms with van der Waals surface area (Å²) in [6.07, 6.45) is 0. The van der Waals surface area contributed by atoms with Crippen LogP contribution in [0.3, 0.4) is 0 Å². The van der Waals surface area contributed by atoms with Crippen LogP contribution in [0.1, 0.15) is 15.4 Å². The standard InChI is InChI=1S/C11H9Cl2N3O3S2/c12-7-2-3-8(13)16-10(7)11(17)15-5-6-1-4-9(20-6)21(14,18)19/h1-4H,5H2,(H,15,17)(H2,14,18,19). The third kappa shape index (κ3) is 4.14. The van der Waals surface area contributed by atoms with Gasteiger partial charge in [0.1, 0.15) is 15.1 Å². The number of carbonyl (C=O) groups is 1. The Morgan fingerprint density at radius 2 is 2.00 bits per heavy atom. The van der Waals surface area contributed by atoms with Crippen molar-refractivity contribution in [3.63, 3.8) is 0 Å². The molecule has 0 spiro atoms. The van der Waals surface area contributed by atoms with Gasteiger partial charge in [-0.1, -0.05) is 23.2 Å². The maximum atomic E-state index is 11.9. The highest BCUT2D eigenvalue weighted by Crippen LogP contribution is 2.21. The number of amides is 1. The van der Waals surface area contributed by atoms with Crippen LogP contribution in [0.2, 0.25) is 10.2 Å². The van der Waals surface area contributed by atoms with Gasteiger partial charge in [0.05, 0.1) is 11.6 Å². The molecule has 0 aromatic carbocycles. The minimum Gasteiger partial charge on any atom is -0.346 e. The van der Waals surface area contributed by atoms with Crippen LogP contribution in [0.5, 0.6) is 0 Å². The number of rotatable bonds is 4. The molecule has 0 aliphatic carbocycles. The van der Waals surface area contributed by atoms with Crippen molar-refractivity contribution in [2.24, 2.45) is 5.14 Å². The molecule has 2 aromatic rings. The average Bonchev–Trinajstić information content (AvgIpc) is 2.87. The Balaban J connectivity index is 2.08. The van der Waals surface area contributed by atoms with Gasteiger partial charge in [-0.2, -0.15) is 0 Å². The number of hydrogen-bond acceptors (Lipinski definition) is 5. The van der Waals surface area contributed by atoms with Gasteiger partial charge in [-0.15, -0.1) is 11.3 Å². The number of sulfonamides is 1. The molecule has 0 atom stereocenters. The zero-order valence-corrected chi connectivity index (χ0v) is 13.5. The summed E-state index contributed by atoms with van der Waals surface area (Å²) in [6, 6.07) is 5.89. The van der Waals surface area contributed by atoms with Gasteiger partial charge in [0.2, 0.25) is 10.0 Å². The molecule has 0 radical (unpaired) electrons. The van der Waals surface area contributed by atoms with Gasteiger partial charge in [-0.05, 0) is 24.3 Å². The van der Waals surface area contributed by atoms with Crippen molar-refractivity contribution in [1.82, 2.24) is 10.3 Å². The first-order chi connectivity index (χ1) is 9.77. The van der Waals surface area contributed by atoms with Crippen LogP contribution in [-0.4, -0.2) is 19.3 Å². The monoisotopic (exact) mass is 365 g/mol. The van der Waals surface area contributed by atoms with Gasteiger partial charge in [0.15, 0.2) is 0 Å². The second kappa shape index (κ2) is 6.29. The molecule has 1 amide bonds. The molecule has 0 saturated carbocycles. The fourth-order valence-corrected chi connectivity index (χ4v) is 3.49. The molecule has 0 aliphatic heterocycles. The topological polar surface area (TPSA) is 102 Å². The average molecular weight is 366 g/mol. The third-order valence-electron chi connectivity index (χ3n) is 2.37. The van der Waals surface area contributed by atoms with Gasteiger partial charge >= 0.3 is 0 Å². The first-order valence-electron chi connectivity index (χ1n) is 5.49. The molecule has 0 bridgehead atoms. The minimum atomic E-state index is -3.73. The van der Waals surface area contributed by atoms with Gasteiger partial charge < -0.3 is 5.32 Å². The molecule has 6 nitrogen and oxygen atoms in total. The lowest BCUT2D eigenvalue weighted by Crippen LogP contribution is -2.23. The number of primary sulfonamides is 1. The fraction of sp³-hybridized carbons (Fsp3) is 0.0909. The van der Waals surface area contributed by atoms with Crippen LogP contribution < -0.4 is 10.5 Å². The highest BCUT2D eigenvalue weighted by molar-refractivity contribution is 7.91. The molecule has 0 fully saturated rings. The second-order valence-electron chi connectivity index (χ2n) is 3.91. The van der Waals surface area contributed by atoms with Crippen LogP contribution in [0, 0.1) is 0 Å². The number of halogens is 2. The van der Waals surface area contributed by atoms with Crippen LogP contribution in [0.4, 0.5) is 0 Å². The number of aromatic nitrogens is 1. The predicted octanol–water partition coefficient (Wildman–Crippen LogP) is 2.03. The summed E-state index contributed by atoms with van der Waals surface area (Å²) < 4.78 is 22.3. The number of carbonyl (C=O) groups excluding carboxylic acids is 1. The quantitative estimate of drug-likeness (QED) is 0.809. The Morgan fingerprint density at radius 3 is 2.62 bits per heavy atom. The second-order valence-corrected chi connectivity index (χ2v) is 7.66. The summed E-state index contributed by atoms with van der Waals surface area (Å²) in [5, 5.41) is 7.91. The van der Waals surface area contributed by atoms with Crippen LogP contribution in [0.15, 0.2) is 28.5 Å².